The van der Waals surface area contributed by atoms with Crippen molar-refractivity contribution in [2.75, 3.05) is 5.73 Å². The first kappa shape index (κ1) is 13.9. The Bertz CT molecular complexity index is 883. The van der Waals surface area contributed by atoms with Crippen LogP contribution in [0.25, 0.3) is 16.9 Å². The molecule has 1 aliphatic rings. The van der Waals surface area contributed by atoms with Gasteiger partial charge in [0.1, 0.15) is 5.52 Å². The van der Waals surface area contributed by atoms with Gasteiger partial charge in [-0.1, -0.05) is 0 Å². The lowest BCUT2D eigenvalue weighted by atomic mass is 10.2. The van der Waals surface area contributed by atoms with Crippen LogP contribution in [-0.4, -0.2) is 24.5 Å². The number of halogens is 3. The molecule has 1 saturated carbocycles. The Morgan fingerprint density at radius 2 is 1.78 bits per heavy atom. The second-order valence-corrected chi connectivity index (χ2v) is 5.39. The van der Waals surface area contributed by atoms with Gasteiger partial charge in [0.05, 0.1) is 11.4 Å². The lowest BCUT2D eigenvalue weighted by Gasteiger charge is -2.09. The van der Waals surface area contributed by atoms with Gasteiger partial charge in [0, 0.05) is 18.3 Å². The fourth-order valence-electron chi connectivity index (χ4n) is 2.51. The van der Waals surface area contributed by atoms with Crippen LogP contribution in [0.3, 0.4) is 0 Å². The molecule has 23 heavy (non-hydrogen) atoms. The van der Waals surface area contributed by atoms with Gasteiger partial charge in [-0.05, 0) is 25.0 Å². The Morgan fingerprint density at radius 1 is 1.09 bits per heavy atom. The number of aromatic nitrogens is 5. The van der Waals surface area contributed by atoms with Crippen LogP contribution in [0.2, 0.25) is 0 Å². The molecule has 0 saturated heterocycles. The SMILES string of the molecule is Nc1nc2c(C3CC3)nc(C(F)(F)F)nc2n1-c1ccncc1. The van der Waals surface area contributed by atoms with Crippen molar-refractivity contribution in [2.24, 2.45) is 0 Å². The average molecular weight is 320 g/mol. The highest BCUT2D eigenvalue weighted by molar-refractivity contribution is 5.80. The molecule has 0 spiro atoms. The van der Waals surface area contributed by atoms with Crippen LogP contribution in [0.4, 0.5) is 19.1 Å². The van der Waals surface area contributed by atoms with Crippen LogP contribution < -0.4 is 5.73 Å². The average Bonchev–Trinajstić information content (AvgIpc) is 3.28. The molecule has 0 bridgehead atoms. The van der Waals surface area contributed by atoms with Crippen molar-refractivity contribution in [1.29, 1.82) is 0 Å². The van der Waals surface area contributed by atoms with E-state index in [2.05, 4.69) is 19.9 Å². The number of fused-ring (bicyclic) bond motifs is 1. The Labute approximate surface area is 128 Å². The van der Waals surface area contributed by atoms with Gasteiger partial charge in [-0.3, -0.25) is 9.55 Å². The number of hydrogen-bond acceptors (Lipinski definition) is 5. The largest absolute Gasteiger partial charge is 0.451 e. The predicted octanol–water partition coefficient (Wildman–Crippen LogP) is 2.69. The Kier molecular flexibility index (Phi) is 2.81. The van der Waals surface area contributed by atoms with Gasteiger partial charge in [0.2, 0.25) is 11.8 Å². The zero-order valence-corrected chi connectivity index (χ0v) is 11.7. The summed E-state index contributed by atoms with van der Waals surface area (Å²) in [6, 6.07) is 3.26. The molecule has 0 unspecified atom stereocenters. The fraction of sp³-hybridized carbons (Fsp3) is 0.286. The summed E-state index contributed by atoms with van der Waals surface area (Å²) in [6.45, 7) is 0. The van der Waals surface area contributed by atoms with Crippen LogP contribution in [0.1, 0.15) is 30.3 Å². The molecule has 3 aromatic heterocycles. The van der Waals surface area contributed by atoms with Gasteiger partial charge in [-0.25, -0.2) is 15.0 Å². The van der Waals surface area contributed by atoms with E-state index in [1.165, 1.54) is 17.0 Å². The summed E-state index contributed by atoms with van der Waals surface area (Å²) in [7, 11) is 0. The van der Waals surface area contributed by atoms with E-state index in [-0.39, 0.29) is 17.5 Å². The highest BCUT2D eigenvalue weighted by Gasteiger charge is 2.39. The van der Waals surface area contributed by atoms with Crippen molar-refractivity contribution in [3.05, 3.63) is 36.0 Å². The molecule has 0 aromatic carbocycles. The number of pyridine rings is 1. The summed E-state index contributed by atoms with van der Waals surface area (Å²) in [5.41, 5.74) is 7.18. The Balaban J connectivity index is 2.04. The molecule has 3 heterocycles. The minimum atomic E-state index is -4.63. The molecule has 1 fully saturated rings. The van der Waals surface area contributed by atoms with Crippen molar-refractivity contribution >= 4 is 17.1 Å². The van der Waals surface area contributed by atoms with E-state index < -0.39 is 12.0 Å². The molecule has 0 aliphatic heterocycles. The molecular formula is C14H11F3N6. The summed E-state index contributed by atoms with van der Waals surface area (Å²) in [5.74, 6) is -1.11. The number of nitrogens with zero attached hydrogens (tertiary/aromatic N) is 5. The Hall–Kier alpha value is -2.71. The molecule has 1 aliphatic carbocycles. The first-order chi connectivity index (χ1) is 10.9. The van der Waals surface area contributed by atoms with Crippen molar-refractivity contribution in [3.8, 4) is 5.69 Å². The number of alkyl halides is 3. The van der Waals surface area contributed by atoms with E-state index in [0.717, 1.165) is 12.8 Å². The lowest BCUT2D eigenvalue weighted by molar-refractivity contribution is -0.144. The summed E-state index contributed by atoms with van der Waals surface area (Å²) in [4.78, 5) is 15.5. The second-order valence-electron chi connectivity index (χ2n) is 5.39. The summed E-state index contributed by atoms with van der Waals surface area (Å²) in [5, 5.41) is 0. The lowest BCUT2D eigenvalue weighted by Crippen LogP contribution is -2.13. The highest BCUT2D eigenvalue weighted by Crippen LogP contribution is 2.43. The van der Waals surface area contributed by atoms with Crippen molar-refractivity contribution in [3.63, 3.8) is 0 Å². The maximum atomic E-state index is 13.1. The van der Waals surface area contributed by atoms with Gasteiger partial charge in [0.15, 0.2) is 5.65 Å². The van der Waals surface area contributed by atoms with E-state index in [1.54, 1.807) is 12.1 Å². The van der Waals surface area contributed by atoms with Crippen LogP contribution >= 0.6 is 0 Å². The van der Waals surface area contributed by atoms with Gasteiger partial charge >= 0.3 is 6.18 Å². The zero-order valence-electron chi connectivity index (χ0n) is 11.7. The van der Waals surface area contributed by atoms with Crippen molar-refractivity contribution in [2.45, 2.75) is 24.9 Å². The van der Waals surface area contributed by atoms with Gasteiger partial charge < -0.3 is 5.73 Å². The first-order valence-corrected chi connectivity index (χ1v) is 6.98. The molecular weight excluding hydrogens is 309 g/mol. The normalized spacial score (nSPS) is 15.3. The number of hydrogen-bond donors (Lipinski definition) is 1. The van der Waals surface area contributed by atoms with E-state index in [9.17, 15) is 13.2 Å². The molecule has 0 radical (unpaired) electrons. The summed E-state index contributed by atoms with van der Waals surface area (Å²) < 4.78 is 40.8. The number of anilines is 1. The van der Waals surface area contributed by atoms with Crippen molar-refractivity contribution in [1.82, 2.24) is 24.5 Å². The maximum Gasteiger partial charge on any atom is 0.451 e. The molecule has 4 rings (SSSR count). The number of nitrogens with two attached hydrogens (primary N) is 1. The molecule has 0 atom stereocenters. The standard InChI is InChI=1S/C14H11F3N6/c15-14(16,17)12-20-9(7-1-2-7)10-11(22-12)23(13(18)21-10)8-3-5-19-6-4-8/h3-7H,1-2H2,(H2,18,21). The fourth-order valence-corrected chi connectivity index (χ4v) is 2.51. The van der Waals surface area contributed by atoms with Crippen LogP contribution in [0.5, 0.6) is 0 Å². The third-order valence-electron chi connectivity index (χ3n) is 3.70. The minimum Gasteiger partial charge on any atom is -0.369 e. The molecule has 2 N–H and O–H groups in total. The van der Waals surface area contributed by atoms with Crippen molar-refractivity contribution < 1.29 is 13.2 Å². The molecule has 118 valence electrons. The van der Waals surface area contributed by atoms with E-state index in [4.69, 9.17) is 5.73 Å². The predicted molar refractivity (Wildman–Crippen MR) is 75.8 cm³/mol. The minimum absolute atomic E-state index is 0.0122. The van der Waals surface area contributed by atoms with Crippen LogP contribution in [-0.2, 0) is 6.18 Å². The monoisotopic (exact) mass is 320 g/mol. The topological polar surface area (TPSA) is 82.5 Å². The second kappa shape index (κ2) is 4.64. The maximum absolute atomic E-state index is 13.1. The van der Waals surface area contributed by atoms with Gasteiger partial charge in [-0.15, -0.1) is 0 Å². The first-order valence-electron chi connectivity index (χ1n) is 6.98. The highest BCUT2D eigenvalue weighted by atomic mass is 19.4. The van der Waals surface area contributed by atoms with E-state index in [1.807, 2.05) is 0 Å². The molecule has 0 amide bonds. The summed E-state index contributed by atoms with van der Waals surface area (Å²) in [6.07, 6.45) is 0.0132. The smallest absolute Gasteiger partial charge is 0.369 e. The van der Waals surface area contributed by atoms with Gasteiger partial charge in [-0.2, -0.15) is 13.2 Å². The van der Waals surface area contributed by atoms with Crippen LogP contribution in [0, 0.1) is 0 Å². The number of rotatable bonds is 2. The molecule has 3 aromatic rings. The molecule has 9 heteroatoms. The quantitative estimate of drug-likeness (QED) is 0.785. The van der Waals surface area contributed by atoms with E-state index in [0.29, 0.717) is 16.9 Å². The Morgan fingerprint density at radius 3 is 2.39 bits per heavy atom. The molecule has 6 nitrogen and oxygen atoms in total. The van der Waals surface area contributed by atoms with Crippen LogP contribution in [0.15, 0.2) is 24.5 Å². The third-order valence-corrected chi connectivity index (χ3v) is 3.70. The third kappa shape index (κ3) is 2.28. The van der Waals surface area contributed by atoms with Gasteiger partial charge in [0.25, 0.3) is 0 Å². The van der Waals surface area contributed by atoms with E-state index >= 15 is 0 Å². The number of nitrogen functional groups attached to an aromatic ring is 1. The summed E-state index contributed by atoms with van der Waals surface area (Å²) >= 11 is 0. The number of imidazole rings is 1. The zero-order chi connectivity index (χ0) is 16.2.